The van der Waals surface area contributed by atoms with Crippen LogP contribution in [0.5, 0.6) is 0 Å². The molecule has 1 saturated carbocycles. The smallest absolute Gasteiger partial charge is 0 e. The fraction of sp³-hybridized carbons (Fsp3) is 0.778. The van der Waals surface area contributed by atoms with Crippen molar-refractivity contribution in [2.75, 3.05) is 7.05 Å². The first-order chi connectivity index (χ1) is 4.91. The van der Waals surface area contributed by atoms with E-state index < -0.39 is 0 Å². The first-order valence-corrected chi connectivity index (χ1v) is 4.18. The molecule has 0 aliphatic heterocycles. The number of hydrogen-bond acceptors (Lipinski definition) is 1. The van der Waals surface area contributed by atoms with E-state index in [9.17, 15) is 0 Å². The zero-order chi connectivity index (χ0) is 7.66. The molecule has 0 spiro atoms. The van der Waals surface area contributed by atoms with Crippen molar-refractivity contribution in [3.05, 3.63) is 13.0 Å². The Balaban J connectivity index is 0. The van der Waals surface area contributed by atoms with Crippen molar-refractivity contribution < 1.29 is 32.7 Å². The summed E-state index contributed by atoms with van der Waals surface area (Å²) < 4.78 is 0. The molecule has 1 aliphatic rings. The minimum Gasteiger partial charge on any atom is -0.473 e. The Kier molecular flexibility index (Phi) is 18.1. The monoisotopic (exact) mass is 230 g/mol. The average Bonchev–Trinajstić information content (AvgIpc) is 2.08. The van der Waals surface area contributed by atoms with Gasteiger partial charge in [-0.1, -0.05) is 19.3 Å². The quantitative estimate of drug-likeness (QED) is 0.682. The molecule has 1 fully saturated rings. The molecule has 0 aromatic heterocycles. The zero-order valence-corrected chi connectivity index (χ0v) is 10.6. The summed E-state index contributed by atoms with van der Waals surface area (Å²) in [5, 5.41) is 2.81. The van der Waals surface area contributed by atoms with Crippen molar-refractivity contribution in [2.24, 2.45) is 0 Å². The molecule has 65 valence electrons. The second-order valence-electron chi connectivity index (χ2n) is 2.50. The minimum absolute atomic E-state index is 0. The molecule has 0 saturated heterocycles. The van der Waals surface area contributed by atoms with Crippen molar-refractivity contribution in [2.45, 2.75) is 39.0 Å². The minimum atomic E-state index is 0. The maximum absolute atomic E-state index is 2.81. The fourth-order valence-electron chi connectivity index (χ4n) is 0.898. The topological polar surface area (TPSA) is 12.0 Å². The van der Waals surface area contributed by atoms with Gasteiger partial charge in [-0.2, -0.15) is 19.8 Å². The van der Waals surface area contributed by atoms with Crippen molar-refractivity contribution in [3.8, 4) is 0 Å². The molecule has 0 amide bonds. The second-order valence-corrected chi connectivity index (χ2v) is 2.50. The average molecular weight is 230 g/mol. The molecule has 0 bridgehead atoms. The summed E-state index contributed by atoms with van der Waals surface area (Å²) in [7, 11) is 1.88. The van der Waals surface area contributed by atoms with E-state index >= 15 is 0 Å². The largest absolute Gasteiger partial charge is 0.473 e. The van der Waals surface area contributed by atoms with Crippen LogP contribution in [0.25, 0.3) is 0 Å². The van der Waals surface area contributed by atoms with Crippen molar-refractivity contribution in [1.29, 1.82) is 0 Å². The van der Waals surface area contributed by atoms with E-state index in [1.807, 2.05) is 20.5 Å². The third-order valence-electron chi connectivity index (χ3n) is 1.61. The van der Waals surface area contributed by atoms with Gasteiger partial charge in [0.1, 0.15) is 0 Å². The standard InChI is InChI=1S/C6H11.C3H8N.Y/c1-2-4-6-5-3-1;1-3-4-2;/h1H,2-6H2;3-4H,1-2H3;/q2*-1;. The summed E-state index contributed by atoms with van der Waals surface area (Å²) in [5.74, 6) is 0. The molecule has 1 rings (SSSR count). The number of nitrogens with one attached hydrogen (secondary N) is 1. The first kappa shape index (κ1) is 14.6. The van der Waals surface area contributed by atoms with Crippen LogP contribution in [0.15, 0.2) is 0 Å². The summed E-state index contributed by atoms with van der Waals surface area (Å²) in [6.45, 7) is 3.82. The first-order valence-electron chi connectivity index (χ1n) is 4.18. The van der Waals surface area contributed by atoms with Gasteiger partial charge in [0, 0.05) is 32.7 Å². The van der Waals surface area contributed by atoms with Crippen LogP contribution < -0.4 is 5.32 Å². The van der Waals surface area contributed by atoms with Crippen molar-refractivity contribution in [1.82, 2.24) is 5.32 Å². The molecular formula is C9H19NY-2. The van der Waals surface area contributed by atoms with Gasteiger partial charge >= 0.3 is 0 Å². The van der Waals surface area contributed by atoms with E-state index in [1.165, 1.54) is 32.1 Å². The fourth-order valence-corrected chi connectivity index (χ4v) is 0.898. The summed E-state index contributed by atoms with van der Waals surface area (Å²) in [4.78, 5) is 0. The summed E-state index contributed by atoms with van der Waals surface area (Å²) in [6.07, 6.45) is 9.50. The Hall–Kier alpha value is 1.06. The maximum atomic E-state index is 2.81. The molecule has 0 unspecified atom stereocenters. The van der Waals surface area contributed by atoms with Gasteiger partial charge < -0.3 is 11.7 Å². The van der Waals surface area contributed by atoms with E-state index in [0.717, 1.165) is 0 Å². The normalized spacial score (nSPS) is 15.8. The van der Waals surface area contributed by atoms with Crippen LogP contribution in [-0.2, 0) is 32.7 Å². The van der Waals surface area contributed by atoms with E-state index in [0.29, 0.717) is 0 Å². The third kappa shape index (κ3) is 14.0. The summed E-state index contributed by atoms with van der Waals surface area (Å²) >= 11 is 0. The van der Waals surface area contributed by atoms with Crippen LogP contribution in [-0.4, -0.2) is 7.05 Å². The van der Waals surface area contributed by atoms with Gasteiger partial charge in [-0.3, -0.25) is 6.54 Å². The third-order valence-corrected chi connectivity index (χ3v) is 1.61. The van der Waals surface area contributed by atoms with Crippen molar-refractivity contribution >= 4 is 0 Å². The van der Waals surface area contributed by atoms with Crippen LogP contribution >= 0.6 is 0 Å². The van der Waals surface area contributed by atoms with Gasteiger partial charge in [0.25, 0.3) is 0 Å². The van der Waals surface area contributed by atoms with Gasteiger partial charge in [0.05, 0.1) is 0 Å². The van der Waals surface area contributed by atoms with E-state index in [4.69, 9.17) is 0 Å². The second kappa shape index (κ2) is 13.6. The van der Waals surface area contributed by atoms with Crippen LogP contribution in [0.2, 0.25) is 0 Å². The molecule has 1 nitrogen and oxygen atoms in total. The molecule has 0 heterocycles. The Bertz CT molecular complexity index is 40.0. The molecule has 1 N–H and O–H groups in total. The predicted molar refractivity (Wildman–Crippen MR) is 46.4 cm³/mol. The Morgan fingerprint density at radius 3 is 1.73 bits per heavy atom. The van der Waals surface area contributed by atoms with Gasteiger partial charge in [0.2, 0.25) is 0 Å². The Labute approximate surface area is 96.6 Å². The Morgan fingerprint density at radius 1 is 1.18 bits per heavy atom. The van der Waals surface area contributed by atoms with Gasteiger partial charge in [-0.25, -0.2) is 0 Å². The van der Waals surface area contributed by atoms with Crippen LogP contribution in [0.3, 0.4) is 0 Å². The van der Waals surface area contributed by atoms with Crippen LogP contribution in [0.1, 0.15) is 39.0 Å². The molecule has 1 radical (unpaired) electrons. The molecular weight excluding hydrogens is 211 g/mol. The zero-order valence-electron chi connectivity index (χ0n) is 7.77. The molecule has 2 heteroatoms. The van der Waals surface area contributed by atoms with Crippen LogP contribution in [0, 0.1) is 13.0 Å². The number of rotatable bonds is 1. The van der Waals surface area contributed by atoms with E-state index in [-0.39, 0.29) is 32.7 Å². The maximum Gasteiger partial charge on any atom is 0 e. The van der Waals surface area contributed by atoms with E-state index in [1.54, 1.807) is 0 Å². The molecule has 0 aromatic rings. The SMILES string of the molecule is C[CH-]NC.[CH-]1CCCCC1.[Y]. The summed E-state index contributed by atoms with van der Waals surface area (Å²) in [6, 6.07) is 0. The Morgan fingerprint density at radius 2 is 1.64 bits per heavy atom. The van der Waals surface area contributed by atoms with Crippen LogP contribution in [0.4, 0.5) is 0 Å². The van der Waals surface area contributed by atoms with Gasteiger partial charge in [0.15, 0.2) is 0 Å². The summed E-state index contributed by atoms with van der Waals surface area (Å²) in [5.41, 5.74) is 0. The van der Waals surface area contributed by atoms with Gasteiger partial charge in [-0.15, -0.1) is 0 Å². The number of hydrogen-bond donors (Lipinski definition) is 1. The predicted octanol–water partition coefficient (Wildman–Crippen LogP) is 2.54. The molecule has 11 heavy (non-hydrogen) atoms. The molecule has 1 aliphatic carbocycles. The molecule has 0 aromatic carbocycles. The van der Waals surface area contributed by atoms with E-state index in [2.05, 4.69) is 11.7 Å². The van der Waals surface area contributed by atoms with Gasteiger partial charge in [-0.05, 0) is 7.05 Å². The molecule has 0 atom stereocenters. The van der Waals surface area contributed by atoms with Crippen molar-refractivity contribution in [3.63, 3.8) is 0 Å².